The van der Waals surface area contributed by atoms with Crippen molar-refractivity contribution in [2.75, 3.05) is 71.6 Å². The van der Waals surface area contributed by atoms with Crippen LogP contribution in [0, 0.1) is 11.3 Å². The number of nitrogens with zero attached hydrogens (tertiary/aromatic N) is 6. The van der Waals surface area contributed by atoms with Crippen molar-refractivity contribution in [1.82, 2.24) is 35.2 Å². The van der Waals surface area contributed by atoms with Gasteiger partial charge in [-0.05, 0) is 88.2 Å². The lowest BCUT2D eigenvalue weighted by atomic mass is 9.84. The summed E-state index contributed by atoms with van der Waals surface area (Å²) >= 11 is 1.51. The highest BCUT2D eigenvalue weighted by Crippen LogP contribution is 2.45. The molecule has 1 aromatic carbocycles. The molecular weight excluding hydrogens is 793 g/mol. The number of cyclic esters (lactones) is 1. The minimum absolute atomic E-state index is 0.152. The Kier molecular flexibility index (Phi) is 12.0. The molecule has 3 saturated heterocycles. The average molecular weight is 853 g/mol. The number of methoxy groups -OCH3 is 1. The van der Waals surface area contributed by atoms with Crippen LogP contribution in [-0.4, -0.2) is 121 Å². The van der Waals surface area contributed by atoms with Gasteiger partial charge in [-0.25, -0.2) is 10.4 Å². The van der Waals surface area contributed by atoms with Crippen molar-refractivity contribution in [2.45, 2.75) is 96.9 Å². The number of hydrazine groups is 1. The van der Waals surface area contributed by atoms with E-state index < -0.39 is 17.5 Å². The molecule has 0 radical (unpaired) electrons. The van der Waals surface area contributed by atoms with E-state index in [1.165, 1.54) is 38.4 Å². The summed E-state index contributed by atoms with van der Waals surface area (Å²) in [7, 11) is 3.91. The average Bonchev–Trinajstić information content (AvgIpc) is 3.87. The molecule has 3 aromatic heterocycles. The number of esters is 1. The maximum Gasteiger partial charge on any atom is 0.324 e. The number of aromatic nitrogens is 3. The zero-order valence-electron chi connectivity index (χ0n) is 36.3. The number of hydrogen-bond acceptors (Lipinski definition) is 12. The topological polar surface area (TPSA) is 143 Å². The molecule has 6 bridgehead atoms. The second kappa shape index (κ2) is 17.4. The number of pyridine rings is 1. The van der Waals surface area contributed by atoms with Crippen LogP contribution in [0.5, 0.6) is 0 Å². The van der Waals surface area contributed by atoms with Gasteiger partial charge in [0.05, 0.1) is 52.2 Å². The van der Waals surface area contributed by atoms with Gasteiger partial charge in [0.1, 0.15) is 12.1 Å². The number of likely N-dealkylation sites (N-methyl/N-ethyl adjacent to an activating group) is 1. The van der Waals surface area contributed by atoms with Crippen LogP contribution in [0.3, 0.4) is 0 Å². The highest BCUT2D eigenvalue weighted by Gasteiger charge is 2.37. The van der Waals surface area contributed by atoms with Crippen molar-refractivity contribution in [2.24, 2.45) is 11.3 Å². The van der Waals surface area contributed by atoms with Gasteiger partial charge in [-0.15, -0.1) is 11.3 Å². The van der Waals surface area contributed by atoms with Crippen LogP contribution in [-0.2, 0) is 54.4 Å². The van der Waals surface area contributed by atoms with Crippen LogP contribution in [0.2, 0.25) is 0 Å². The molecule has 3 fully saturated rings. The molecule has 4 aromatic rings. The van der Waals surface area contributed by atoms with E-state index in [-0.39, 0.29) is 42.8 Å². The predicted octanol–water partition coefficient (Wildman–Crippen LogP) is 5.31. The Morgan fingerprint density at radius 1 is 1.05 bits per heavy atom. The molecule has 61 heavy (non-hydrogen) atoms. The number of nitrogens with one attached hydrogen (secondary N) is 2. The number of amides is 2. The second-order valence-electron chi connectivity index (χ2n) is 18.4. The first-order valence-corrected chi connectivity index (χ1v) is 23.1. The van der Waals surface area contributed by atoms with E-state index in [4.69, 9.17) is 24.2 Å². The number of fused-ring (bicyclic) bond motifs is 6. The predicted molar refractivity (Wildman–Crippen MR) is 235 cm³/mol. The van der Waals surface area contributed by atoms with Crippen molar-refractivity contribution in [1.29, 1.82) is 0 Å². The lowest BCUT2D eigenvalue weighted by Gasteiger charge is -2.36. The van der Waals surface area contributed by atoms with E-state index in [9.17, 15) is 14.4 Å². The number of carbonyl (C=O) groups excluding carboxylic acids is 3. The molecule has 2 N–H and O–H groups in total. The molecule has 0 unspecified atom stereocenters. The number of benzene rings is 1. The van der Waals surface area contributed by atoms with E-state index in [1.54, 1.807) is 7.11 Å². The fourth-order valence-corrected chi connectivity index (χ4v) is 10.7. The third-order valence-electron chi connectivity index (χ3n) is 13.4. The van der Waals surface area contributed by atoms with Gasteiger partial charge in [0.15, 0.2) is 0 Å². The van der Waals surface area contributed by atoms with E-state index in [0.717, 1.165) is 84.5 Å². The molecule has 0 aliphatic carbocycles. The third kappa shape index (κ3) is 8.56. The smallest absolute Gasteiger partial charge is 0.324 e. The molecule has 5 aliphatic heterocycles. The second-order valence-corrected chi connectivity index (χ2v) is 19.4. The normalized spacial score (nSPS) is 23.4. The van der Waals surface area contributed by atoms with Crippen LogP contribution < -0.4 is 15.6 Å². The summed E-state index contributed by atoms with van der Waals surface area (Å²) < 4.78 is 20.2. The number of thiazole rings is 1. The van der Waals surface area contributed by atoms with Crippen LogP contribution in [0.15, 0.2) is 29.8 Å². The van der Waals surface area contributed by atoms with E-state index in [2.05, 4.69) is 76.5 Å². The first-order valence-electron chi connectivity index (χ1n) is 22.2. The van der Waals surface area contributed by atoms with Crippen molar-refractivity contribution in [3.63, 3.8) is 0 Å². The molecule has 0 saturated carbocycles. The Labute approximate surface area is 362 Å². The van der Waals surface area contributed by atoms with Crippen molar-refractivity contribution in [3.8, 4) is 22.5 Å². The van der Waals surface area contributed by atoms with Gasteiger partial charge in [-0.3, -0.25) is 24.4 Å². The number of carbonyl (C=O) groups is 3. The van der Waals surface area contributed by atoms with Gasteiger partial charge in [-0.2, -0.15) is 0 Å². The molecule has 9 rings (SSSR count). The molecule has 5 aliphatic rings. The monoisotopic (exact) mass is 852 g/mol. The minimum Gasteiger partial charge on any atom is -0.464 e. The Bertz CT molecular complexity index is 2290. The largest absolute Gasteiger partial charge is 0.464 e. The quantitative estimate of drug-likeness (QED) is 0.244. The molecule has 2 amide bonds. The Morgan fingerprint density at radius 2 is 1.85 bits per heavy atom. The van der Waals surface area contributed by atoms with Crippen molar-refractivity contribution >= 4 is 45.7 Å². The van der Waals surface area contributed by atoms with Crippen LogP contribution in [0.4, 0.5) is 5.69 Å². The third-order valence-corrected chi connectivity index (χ3v) is 14.2. The molecular formula is C46H60N8O6S. The summed E-state index contributed by atoms with van der Waals surface area (Å²) in [6.07, 6.45) is 6.95. The maximum absolute atomic E-state index is 14.3. The molecule has 8 heterocycles. The first-order chi connectivity index (χ1) is 29.5. The fraction of sp³-hybridized carbons (Fsp3) is 0.587. The van der Waals surface area contributed by atoms with Gasteiger partial charge in [0.25, 0.3) is 5.91 Å². The standard InChI is InChI=1S/C46H60N8O6S/c1-28(58-5)40-34(22-32(25-47-40)52-16-14-51(4)15-17-52)42-35-24-46(2,3)27-60-45(57)36-9-7-13-54(50-36)44(56)37(49-43(55)29-10-18-59-19-11-29)23-39-48-38(26-61-39)31-20-30-8-6-12-53(42)41(30)33(35)21-31/h20-22,25-26,28-29,36-37,50H,6-19,23-24,27H2,1-5H3,(H,49,55)/t28-,36-,37-/m0/s1. The fourth-order valence-electron chi connectivity index (χ4n) is 9.81. The summed E-state index contributed by atoms with van der Waals surface area (Å²) in [5.41, 5.74) is 12.5. The molecule has 0 spiro atoms. The summed E-state index contributed by atoms with van der Waals surface area (Å²) in [4.78, 5) is 57.0. The number of piperazine rings is 1. The number of anilines is 1. The summed E-state index contributed by atoms with van der Waals surface area (Å²) in [5, 5.41) is 8.61. The molecule has 3 atom stereocenters. The van der Waals surface area contributed by atoms with E-state index >= 15 is 0 Å². The summed E-state index contributed by atoms with van der Waals surface area (Å²) in [6.45, 7) is 12.8. The minimum atomic E-state index is -0.861. The Morgan fingerprint density at radius 3 is 2.64 bits per heavy atom. The SMILES string of the molecule is CO[C@@H](C)c1ncc(N2CCN(C)CC2)cc1-c1c2c3cc(cc4c3n1CCC4)-c1csc(n1)C[C@H](NC(=O)C1CCOCC1)C(=O)N1CCC[C@H](N1)C(=O)OCC(C)(C)C2. The Hall–Kier alpha value is -4.41. The maximum atomic E-state index is 14.3. The van der Waals surface area contributed by atoms with Crippen molar-refractivity contribution < 1.29 is 28.6 Å². The molecule has 15 heteroatoms. The van der Waals surface area contributed by atoms with Crippen molar-refractivity contribution in [3.05, 3.63) is 51.6 Å². The van der Waals surface area contributed by atoms with Crippen LogP contribution in [0.25, 0.3) is 33.4 Å². The zero-order chi connectivity index (χ0) is 42.4. The van der Waals surface area contributed by atoms with Gasteiger partial charge in [0, 0.05) is 99.2 Å². The first kappa shape index (κ1) is 41.9. The number of rotatable bonds is 6. The van der Waals surface area contributed by atoms with Gasteiger partial charge >= 0.3 is 5.97 Å². The Balaban J connectivity index is 1.18. The lowest BCUT2D eigenvalue weighted by Crippen LogP contribution is -2.60. The zero-order valence-corrected chi connectivity index (χ0v) is 37.1. The van der Waals surface area contributed by atoms with E-state index in [1.807, 2.05) is 6.20 Å². The molecule has 14 nitrogen and oxygen atoms in total. The summed E-state index contributed by atoms with van der Waals surface area (Å²) in [5.74, 6) is -1.05. The number of hydrogen-bond donors (Lipinski definition) is 2. The van der Waals surface area contributed by atoms with Gasteiger partial charge < -0.3 is 33.9 Å². The molecule has 326 valence electrons. The van der Waals surface area contributed by atoms with Crippen LogP contribution in [0.1, 0.15) is 80.8 Å². The number of ether oxygens (including phenoxy) is 3. The highest BCUT2D eigenvalue weighted by molar-refractivity contribution is 7.10. The van der Waals surface area contributed by atoms with E-state index in [0.29, 0.717) is 51.9 Å². The van der Waals surface area contributed by atoms with Gasteiger partial charge in [-0.1, -0.05) is 13.8 Å². The van der Waals surface area contributed by atoms with Gasteiger partial charge in [0.2, 0.25) is 5.91 Å². The summed E-state index contributed by atoms with van der Waals surface area (Å²) in [6, 6.07) is 5.36. The lowest BCUT2D eigenvalue weighted by molar-refractivity contribution is -0.155. The number of aryl methyl sites for hydroxylation is 2. The van der Waals surface area contributed by atoms with Crippen LogP contribution >= 0.6 is 11.3 Å². The highest BCUT2D eigenvalue weighted by atomic mass is 32.1.